The van der Waals surface area contributed by atoms with Crippen molar-refractivity contribution in [3.8, 4) is 5.75 Å². The third-order valence-electron chi connectivity index (χ3n) is 5.46. The fraction of sp³-hybridized carbons (Fsp3) is 0.308. The average molecular weight is 389 g/mol. The molecule has 0 bridgehead atoms. The zero-order valence-corrected chi connectivity index (χ0v) is 17.4. The van der Waals surface area contributed by atoms with Crippen molar-refractivity contribution >= 4 is 0 Å². The van der Waals surface area contributed by atoms with E-state index in [2.05, 4.69) is 85.1 Å². The molecule has 3 heteroatoms. The van der Waals surface area contributed by atoms with Gasteiger partial charge >= 0.3 is 0 Å². The molecule has 3 aromatic carbocycles. The molecule has 0 amide bonds. The predicted octanol–water partition coefficient (Wildman–Crippen LogP) is 5.87. The van der Waals surface area contributed by atoms with Gasteiger partial charge in [0.05, 0.1) is 0 Å². The second-order valence-electron chi connectivity index (χ2n) is 7.47. The third kappa shape index (κ3) is 5.93. The minimum absolute atomic E-state index is 0.278. The van der Waals surface area contributed by atoms with E-state index in [0.29, 0.717) is 18.3 Å². The van der Waals surface area contributed by atoms with Crippen LogP contribution in [0.3, 0.4) is 0 Å². The van der Waals surface area contributed by atoms with Crippen LogP contribution in [0.15, 0.2) is 78.9 Å². The number of hydrogen-bond donors (Lipinski definition) is 3. The highest BCUT2D eigenvalue weighted by Crippen LogP contribution is 2.23. The number of nitrogens with one attached hydrogen (secondary N) is 2. The Kier molecular flexibility index (Phi) is 7.85. The lowest BCUT2D eigenvalue weighted by molar-refractivity contribution is 0.454. The van der Waals surface area contributed by atoms with Gasteiger partial charge in [0.1, 0.15) is 5.75 Å². The molecule has 0 saturated heterocycles. The van der Waals surface area contributed by atoms with Gasteiger partial charge in [-0.25, -0.2) is 0 Å². The monoisotopic (exact) mass is 388 g/mol. The topological polar surface area (TPSA) is 44.3 Å². The van der Waals surface area contributed by atoms with Crippen LogP contribution in [0.4, 0.5) is 0 Å². The fourth-order valence-corrected chi connectivity index (χ4v) is 3.73. The molecule has 0 aliphatic rings. The molecule has 3 rings (SSSR count). The van der Waals surface area contributed by atoms with E-state index in [1.165, 1.54) is 16.7 Å². The van der Waals surface area contributed by atoms with Gasteiger partial charge in [0.2, 0.25) is 0 Å². The van der Waals surface area contributed by atoms with Crippen LogP contribution < -0.4 is 10.6 Å². The van der Waals surface area contributed by atoms with E-state index in [9.17, 15) is 5.11 Å². The zero-order valence-electron chi connectivity index (χ0n) is 17.4. The summed E-state index contributed by atoms with van der Waals surface area (Å²) >= 11 is 0. The predicted molar refractivity (Wildman–Crippen MR) is 121 cm³/mol. The normalized spacial score (nSPS) is 13.2. The lowest BCUT2D eigenvalue weighted by Gasteiger charge is -2.19. The van der Waals surface area contributed by atoms with Crippen LogP contribution in [-0.2, 0) is 13.1 Å². The second-order valence-corrected chi connectivity index (χ2v) is 7.47. The smallest absolute Gasteiger partial charge is 0.120 e. The summed E-state index contributed by atoms with van der Waals surface area (Å²) < 4.78 is 0. The Hall–Kier alpha value is -2.62. The first-order valence-electron chi connectivity index (χ1n) is 10.6. The summed E-state index contributed by atoms with van der Waals surface area (Å²) in [5, 5.41) is 17.6. The Bertz CT molecular complexity index is 864. The summed E-state index contributed by atoms with van der Waals surface area (Å²) in [4.78, 5) is 0. The highest BCUT2D eigenvalue weighted by molar-refractivity contribution is 5.36. The molecule has 29 heavy (non-hydrogen) atoms. The van der Waals surface area contributed by atoms with Gasteiger partial charge in [-0.1, -0.05) is 80.6 Å². The third-order valence-corrected chi connectivity index (χ3v) is 5.46. The molecule has 2 atom stereocenters. The lowest BCUT2D eigenvalue weighted by Crippen LogP contribution is -2.21. The molecular formula is C26H32N2O. The number of phenolic OH excluding ortho intramolecular Hbond substituents is 1. The quantitative estimate of drug-likeness (QED) is 0.407. The SMILES string of the molecule is CC[C@H](NCc1cc(CN[C@H](CC)c2ccccc2)ccc1O)c1ccccc1. The summed E-state index contributed by atoms with van der Waals surface area (Å²) in [6.45, 7) is 5.80. The van der Waals surface area contributed by atoms with Gasteiger partial charge in [0, 0.05) is 30.7 Å². The van der Waals surface area contributed by atoms with E-state index in [4.69, 9.17) is 0 Å². The van der Waals surface area contributed by atoms with E-state index in [-0.39, 0.29) is 6.04 Å². The lowest BCUT2D eigenvalue weighted by atomic mass is 10.0. The average Bonchev–Trinajstić information content (AvgIpc) is 2.78. The Labute approximate surface area is 174 Å². The van der Waals surface area contributed by atoms with Crippen molar-refractivity contribution in [3.05, 3.63) is 101 Å². The van der Waals surface area contributed by atoms with Crippen LogP contribution >= 0.6 is 0 Å². The van der Waals surface area contributed by atoms with Crippen molar-refractivity contribution in [1.29, 1.82) is 0 Å². The standard InChI is InChI=1S/C26H32N2O/c1-3-24(21-11-7-5-8-12-21)27-18-20-15-16-26(29)23(17-20)19-28-25(4-2)22-13-9-6-10-14-22/h5-17,24-25,27-29H,3-4,18-19H2,1-2H3/t24-,25+/m1/s1. The van der Waals surface area contributed by atoms with Crippen LogP contribution in [0.5, 0.6) is 5.75 Å². The van der Waals surface area contributed by atoms with Crippen molar-refractivity contribution in [2.24, 2.45) is 0 Å². The molecule has 3 nitrogen and oxygen atoms in total. The van der Waals surface area contributed by atoms with Crippen LogP contribution in [0.25, 0.3) is 0 Å². The molecule has 0 unspecified atom stereocenters. The van der Waals surface area contributed by atoms with E-state index < -0.39 is 0 Å². The van der Waals surface area contributed by atoms with E-state index in [0.717, 1.165) is 24.9 Å². The molecule has 0 spiro atoms. The van der Waals surface area contributed by atoms with Crippen molar-refractivity contribution < 1.29 is 5.11 Å². The molecule has 3 N–H and O–H groups in total. The molecule has 0 aliphatic heterocycles. The van der Waals surface area contributed by atoms with Gasteiger partial charge < -0.3 is 15.7 Å². The number of rotatable bonds is 10. The molecular weight excluding hydrogens is 356 g/mol. The molecule has 0 aliphatic carbocycles. The van der Waals surface area contributed by atoms with Crippen molar-refractivity contribution in [2.45, 2.75) is 51.9 Å². The molecule has 0 saturated carbocycles. The van der Waals surface area contributed by atoms with Gasteiger partial charge in [-0.15, -0.1) is 0 Å². The van der Waals surface area contributed by atoms with Gasteiger partial charge in [-0.05, 0) is 41.7 Å². The minimum atomic E-state index is 0.278. The highest BCUT2D eigenvalue weighted by atomic mass is 16.3. The summed E-state index contributed by atoms with van der Waals surface area (Å²) in [5.41, 5.74) is 4.71. The number of aromatic hydroxyl groups is 1. The van der Waals surface area contributed by atoms with Crippen LogP contribution in [-0.4, -0.2) is 5.11 Å². The van der Waals surface area contributed by atoms with Crippen LogP contribution in [0.2, 0.25) is 0 Å². The number of phenols is 1. The molecule has 152 valence electrons. The van der Waals surface area contributed by atoms with Gasteiger partial charge in [0.15, 0.2) is 0 Å². The van der Waals surface area contributed by atoms with Crippen molar-refractivity contribution in [2.75, 3.05) is 0 Å². The molecule has 0 radical (unpaired) electrons. The Morgan fingerprint density at radius 1 is 0.690 bits per heavy atom. The first-order valence-corrected chi connectivity index (χ1v) is 10.6. The largest absolute Gasteiger partial charge is 0.508 e. The Morgan fingerprint density at radius 3 is 1.72 bits per heavy atom. The van der Waals surface area contributed by atoms with E-state index in [1.54, 1.807) is 6.07 Å². The van der Waals surface area contributed by atoms with E-state index >= 15 is 0 Å². The Morgan fingerprint density at radius 2 is 1.21 bits per heavy atom. The molecule has 0 aromatic heterocycles. The Balaban J connectivity index is 1.63. The maximum Gasteiger partial charge on any atom is 0.120 e. The first-order chi connectivity index (χ1) is 14.2. The van der Waals surface area contributed by atoms with Crippen LogP contribution in [0.1, 0.15) is 61.0 Å². The zero-order chi connectivity index (χ0) is 20.5. The second kappa shape index (κ2) is 10.8. The molecule has 0 fully saturated rings. The maximum atomic E-state index is 10.3. The summed E-state index contributed by atoms with van der Waals surface area (Å²) in [6.07, 6.45) is 2.03. The number of benzene rings is 3. The van der Waals surface area contributed by atoms with Crippen molar-refractivity contribution in [3.63, 3.8) is 0 Å². The molecule has 0 heterocycles. The summed E-state index contributed by atoms with van der Waals surface area (Å²) in [6, 6.07) is 27.5. The van der Waals surface area contributed by atoms with Gasteiger partial charge in [0.25, 0.3) is 0 Å². The van der Waals surface area contributed by atoms with E-state index in [1.807, 2.05) is 12.1 Å². The van der Waals surface area contributed by atoms with Gasteiger partial charge in [-0.2, -0.15) is 0 Å². The number of hydrogen-bond acceptors (Lipinski definition) is 3. The minimum Gasteiger partial charge on any atom is -0.508 e. The first kappa shape index (κ1) is 21.1. The highest BCUT2D eigenvalue weighted by Gasteiger charge is 2.11. The summed E-state index contributed by atoms with van der Waals surface area (Å²) in [7, 11) is 0. The van der Waals surface area contributed by atoms with Crippen LogP contribution in [0, 0.1) is 0 Å². The fourth-order valence-electron chi connectivity index (χ4n) is 3.73. The maximum absolute atomic E-state index is 10.3. The summed E-state index contributed by atoms with van der Waals surface area (Å²) in [5.74, 6) is 0.347. The van der Waals surface area contributed by atoms with Gasteiger partial charge in [-0.3, -0.25) is 0 Å². The van der Waals surface area contributed by atoms with Crippen molar-refractivity contribution in [1.82, 2.24) is 10.6 Å². The molecule has 3 aromatic rings.